The molecule has 1 N–H and O–H groups in total. The number of nitrogens with zero attached hydrogens (tertiary/aromatic N) is 3. The van der Waals surface area contributed by atoms with E-state index in [-0.39, 0.29) is 24.0 Å². The van der Waals surface area contributed by atoms with Crippen molar-refractivity contribution in [2.24, 2.45) is 4.99 Å². The molecular formula is C26H25FN4O4S. The number of ether oxygens (including phenoxy) is 1. The molecule has 0 aliphatic carbocycles. The number of halogens is 1. The molecule has 1 atom stereocenters. The number of rotatable bonds is 7. The minimum atomic E-state index is -0.752. The number of likely N-dealkylation sites (N-methyl/N-ethyl adjacent to an activating group) is 2. The number of fused-ring (bicyclic) bond motifs is 1. The number of carbonyl (C=O) groups is 3. The van der Waals surface area contributed by atoms with Crippen LogP contribution in [0, 0.1) is 5.82 Å². The molecule has 1 unspecified atom stereocenters. The highest BCUT2D eigenvalue weighted by Crippen LogP contribution is 2.38. The molecule has 186 valence electrons. The van der Waals surface area contributed by atoms with Crippen LogP contribution in [0.1, 0.15) is 26.7 Å². The summed E-state index contributed by atoms with van der Waals surface area (Å²) in [5.74, 6) is -2.41. The molecule has 3 aromatic rings. The van der Waals surface area contributed by atoms with E-state index in [1.165, 1.54) is 42.5 Å². The molecule has 2 amide bonds. The van der Waals surface area contributed by atoms with E-state index in [2.05, 4.69) is 10.3 Å². The molecular weight excluding hydrogens is 483 g/mol. The van der Waals surface area contributed by atoms with Crippen molar-refractivity contribution < 1.29 is 23.5 Å². The smallest absolute Gasteiger partial charge is 0.337 e. The van der Waals surface area contributed by atoms with Crippen molar-refractivity contribution in [1.82, 2.24) is 4.90 Å². The van der Waals surface area contributed by atoms with Gasteiger partial charge in [0.25, 0.3) is 0 Å². The van der Waals surface area contributed by atoms with Gasteiger partial charge in [0.2, 0.25) is 11.8 Å². The third kappa shape index (κ3) is 5.05. The normalized spacial score (nSPS) is 15.0. The van der Waals surface area contributed by atoms with Gasteiger partial charge < -0.3 is 19.9 Å². The zero-order valence-corrected chi connectivity index (χ0v) is 21.1. The molecule has 0 fully saturated rings. The van der Waals surface area contributed by atoms with E-state index < -0.39 is 17.7 Å². The second-order valence-corrected chi connectivity index (χ2v) is 9.46. The molecule has 10 heteroatoms. The van der Waals surface area contributed by atoms with Crippen molar-refractivity contribution in [2.45, 2.75) is 5.92 Å². The molecule has 1 aliphatic rings. The molecule has 0 saturated carbocycles. The first-order valence-corrected chi connectivity index (χ1v) is 11.9. The Morgan fingerprint density at radius 1 is 1.14 bits per heavy atom. The lowest BCUT2D eigenvalue weighted by molar-refractivity contribution is -0.119. The summed E-state index contributed by atoms with van der Waals surface area (Å²) in [5.41, 5.74) is 2.37. The predicted molar refractivity (Wildman–Crippen MR) is 138 cm³/mol. The molecule has 0 bridgehead atoms. The highest BCUT2D eigenvalue weighted by molar-refractivity contribution is 7.12. The van der Waals surface area contributed by atoms with E-state index in [0.29, 0.717) is 28.2 Å². The Morgan fingerprint density at radius 3 is 2.56 bits per heavy atom. The monoisotopic (exact) mass is 508 g/mol. The number of nitrogens with one attached hydrogen (secondary N) is 1. The van der Waals surface area contributed by atoms with E-state index >= 15 is 4.39 Å². The van der Waals surface area contributed by atoms with E-state index in [0.717, 1.165) is 4.88 Å². The van der Waals surface area contributed by atoms with Gasteiger partial charge in [-0.2, -0.15) is 0 Å². The number of amides is 2. The summed E-state index contributed by atoms with van der Waals surface area (Å²) in [6, 6.07) is 12.9. The van der Waals surface area contributed by atoms with Gasteiger partial charge in [0.15, 0.2) is 0 Å². The molecule has 2 heterocycles. The van der Waals surface area contributed by atoms with Crippen molar-refractivity contribution in [3.8, 4) is 0 Å². The summed E-state index contributed by atoms with van der Waals surface area (Å²) in [6.07, 6.45) is 0. The van der Waals surface area contributed by atoms with Crippen molar-refractivity contribution >= 4 is 51.9 Å². The number of esters is 1. The number of methoxy groups -OCH3 is 1. The molecule has 1 aromatic heterocycles. The Morgan fingerprint density at radius 2 is 1.92 bits per heavy atom. The van der Waals surface area contributed by atoms with Crippen LogP contribution in [-0.4, -0.2) is 63.2 Å². The van der Waals surface area contributed by atoms with Crippen LogP contribution in [0.2, 0.25) is 0 Å². The third-order valence-corrected chi connectivity index (χ3v) is 6.61. The zero-order chi connectivity index (χ0) is 26.0. The number of anilines is 2. The Bertz CT molecular complexity index is 1350. The summed E-state index contributed by atoms with van der Waals surface area (Å²) in [7, 11) is 6.34. The predicted octanol–water partition coefficient (Wildman–Crippen LogP) is 4.05. The quantitative estimate of drug-likeness (QED) is 0.384. The first-order chi connectivity index (χ1) is 17.2. The van der Waals surface area contributed by atoms with E-state index in [1.807, 2.05) is 17.5 Å². The molecule has 0 spiro atoms. The lowest BCUT2D eigenvalue weighted by Crippen LogP contribution is -2.35. The lowest BCUT2D eigenvalue weighted by atomic mass is 9.93. The van der Waals surface area contributed by atoms with Gasteiger partial charge in [-0.05, 0) is 55.4 Å². The van der Waals surface area contributed by atoms with Crippen molar-refractivity contribution in [1.29, 1.82) is 0 Å². The molecule has 0 saturated heterocycles. The molecule has 1 aliphatic heterocycles. The Balaban J connectivity index is 1.72. The standard InChI is InChI=1S/C26H25FN4O4S/c1-30(2)14-22(32)31(3)20-10-8-16(13-18(20)27)28-24(21-6-5-11-36-21)23-17-9-7-15(26(34)35-4)12-19(17)29-25(23)33/h5-13,23H,14H2,1-4H3,(H,29,33). The van der Waals surface area contributed by atoms with Gasteiger partial charge in [0, 0.05) is 23.7 Å². The molecule has 0 radical (unpaired) electrons. The molecule has 4 rings (SSSR count). The first-order valence-electron chi connectivity index (χ1n) is 11.1. The number of hydrogen-bond donors (Lipinski definition) is 1. The van der Waals surface area contributed by atoms with Gasteiger partial charge >= 0.3 is 5.97 Å². The van der Waals surface area contributed by atoms with Crippen molar-refractivity contribution in [3.05, 3.63) is 75.7 Å². The number of benzene rings is 2. The third-order valence-electron chi connectivity index (χ3n) is 5.72. The van der Waals surface area contributed by atoms with Crippen LogP contribution in [0.5, 0.6) is 0 Å². The van der Waals surface area contributed by atoms with Crippen LogP contribution < -0.4 is 10.2 Å². The largest absolute Gasteiger partial charge is 0.465 e. The molecule has 36 heavy (non-hydrogen) atoms. The topological polar surface area (TPSA) is 91.3 Å². The second-order valence-electron chi connectivity index (χ2n) is 8.52. The van der Waals surface area contributed by atoms with Gasteiger partial charge in [-0.15, -0.1) is 11.3 Å². The van der Waals surface area contributed by atoms with Crippen LogP contribution in [0.3, 0.4) is 0 Å². The van der Waals surface area contributed by atoms with Crippen molar-refractivity contribution in [2.75, 3.05) is 45.0 Å². The van der Waals surface area contributed by atoms with Crippen LogP contribution in [0.25, 0.3) is 0 Å². The summed E-state index contributed by atoms with van der Waals surface area (Å²) in [5, 5.41) is 4.68. The Hall–Kier alpha value is -3.89. The molecule has 8 nitrogen and oxygen atoms in total. The highest BCUT2D eigenvalue weighted by Gasteiger charge is 2.36. The van der Waals surface area contributed by atoms with Crippen LogP contribution in [-0.2, 0) is 14.3 Å². The van der Waals surface area contributed by atoms with E-state index in [9.17, 15) is 14.4 Å². The summed E-state index contributed by atoms with van der Waals surface area (Å²) >= 11 is 1.41. The Kier molecular flexibility index (Phi) is 7.27. The fourth-order valence-corrected chi connectivity index (χ4v) is 4.70. The van der Waals surface area contributed by atoms with E-state index in [4.69, 9.17) is 4.74 Å². The summed E-state index contributed by atoms with van der Waals surface area (Å²) < 4.78 is 19.8. The maximum atomic E-state index is 15.0. The molecule has 2 aromatic carbocycles. The summed E-state index contributed by atoms with van der Waals surface area (Å²) in [4.78, 5) is 45.7. The lowest BCUT2D eigenvalue weighted by Gasteiger charge is -2.20. The number of aliphatic imine (C=N–C) groups is 1. The maximum absolute atomic E-state index is 15.0. The van der Waals surface area contributed by atoms with Crippen molar-refractivity contribution in [3.63, 3.8) is 0 Å². The fourth-order valence-electron chi connectivity index (χ4n) is 3.95. The van der Waals surface area contributed by atoms with Crippen LogP contribution in [0.4, 0.5) is 21.5 Å². The minimum absolute atomic E-state index is 0.137. The van der Waals surface area contributed by atoms with Gasteiger partial charge in [0.1, 0.15) is 11.7 Å². The SMILES string of the molecule is COC(=O)c1ccc2c(c1)NC(=O)C2C(=Nc1ccc(N(C)C(=O)CN(C)C)c(F)c1)c1cccs1. The average molecular weight is 509 g/mol. The maximum Gasteiger partial charge on any atom is 0.337 e. The van der Waals surface area contributed by atoms with Gasteiger partial charge in [0.05, 0.1) is 36.3 Å². The minimum Gasteiger partial charge on any atom is -0.465 e. The Labute approximate surface area is 212 Å². The number of hydrogen-bond acceptors (Lipinski definition) is 7. The van der Waals surface area contributed by atoms with Gasteiger partial charge in [-0.3, -0.25) is 14.6 Å². The number of thiophene rings is 1. The number of carbonyl (C=O) groups excluding carboxylic acids is 3. The van der Waals surface area contributed by atoms with Crippen LogP contribution in [0.15, 0.2) is 58.9 Å². The highest BCUT2D eigenvalue weighted by atomic mass is 32.1. The second kappa shape index (κ2) is 10.4. The first kappa shape index (κ1) is 25.2. The summed E-state index contributed by atoms with van der Waals surface area (Å²) in [6.45, 7) is 0.145. The average Bonchev–Trinajstić information content (AvgIpc) is 3.48. The van der Waals surface area contributed by atoms with Crippen LogP contribution >= 0.6 is 11.3 Å². The zero-order valence-electron chi connectivity index (χ0n) is 20.2. The van der Waals surface area contributed by atoms with E-state index in [1.54, 1.807) is 43.3 Å². The van der Waals surface area contributed by atoms with Gasteiger partial charge in [-0.25, -0.2) is 9.18 Å². The fraction of sp³-hybridized carbons (Fsp3) is 0.231. The van der Waals surface area contributed by atoms with Gasteiger partial charge in [-0.1, -0.05) is 12.1 Å².